The summed E-state index contributed by atoms with van der Waals surface area (Å²) in [6.45, 7) is 1.88. The number of benzene rings is 2. The Labute approximate surface area is 147 Å². The van der Waals surface area contributed by atoms with Crippen LogP contribution in [0, 0.1) is 5.92 Å². The quantitative estimate of drug-likeness (QED) is 0.759. The molecule has 0 saturated carbocycles. The van der Waals surface area contributed by atoms with Gasteiger partial charge in [0.1, 0.15) is 6.29 Å². The minimum Gasteiger partial charge on any atom is -0.493 e. The molecule has 130 valence electrons. The number of amides is 1. The summed E-state index contributed by atoms with van der Waals surface area (Å²) < 4.78 is 11.1. The summed E-state index contributed by atoms with van der Waals surface area (Å²) in [6.07, 6.45) is 1.68. The summed E-state index contributed by atoms with van der Waals surface area (Å²) in [5.41, 5.74) is 1.26. The van der Waals surface area contributed by atoms with Crippen LogP contribution in [-0.2, 0) is 0 Å². The van der Waals surface area contributed by atoms with E-state index in [0.717, 1.165) is 19.3 Å². The molecule has 0 spiro atoms. The molecular weight excluding hydrogens is 318 g/mol. The van der Waals surface area contributed by atoms with Gasteiger partial charge in [0.25, 0.3) is 5.91 Å². The molecule has 1 saturated heterocycles. The first-order valence-electron chi connectivity index (χ1n) is 8.31. The second-order valence-electron chi connectivity index (χ2n) is 6.11. The number of hydrogen-bond donors (Lipinski definition) is 0. The van der Waals surface area contributed by atoms with E-state index in [1.54, 1.807) is 25.3 Å². The Morgan fingerprint density at radius 1 is 1.20 bits per heavy atom. The van der Waals surface area contributed by atoms with Gasteiger partial charge in [0.2, 0.25) is 0 Å². The molecule has 0 aromatic heterocycles. The van der Waals surface area contributed by atoms with Gasteiger partial charge in [-0.1, -0.05) is 18.2 Å². The van der Waals surface area contributed by atoms with Crippen LogP contribution in [0.25, 0.3) is 0 Å². The number of carbonyl (C=O) groups excluding carboxylic acids is 2. The first kappa shape index (κ1) is 17.0. The van der Waals surface area contributed by atoms with E-state index in [9.17, 15) is 9.59 Å². The Hall–Kier alpha value is -2.82. The second kappa shape index (κ2) is 7.83. The highest BCUT2D eigenvalue weighted by atomic mass is 16.5. The largest absolute Gasteiger partial charge is 0.493 e. The van der Waals surface area contributed by atoms with Crippen LogP contribution in [0.1, 0.15) is 27.1 Å². The van der Waals surface area contributed by atoms with Gasteiger partial charge in [-0.15, -0.1) is 0 Å². The molecule has 1 unspecified atom stereocenters. The molecule has 1 heterocycles. The van der Waals surface area contributed by atoms with E-state index in [-0.39, 0.29) is 11.8 Å². The molecule has 1 aliphatic rings. The third-order valence-corrected chi connectivity index (χ3v) is 4.39. The Morgan fingerprint density at radius 3 is 2.72 bits per heavy atom. The third kappa shape index (κ3) is 3.99. The number of aldehydes is 1. The monoisotopic (exact) mass is 339 g/mol. The Balaban J connectivity index is 1.59. The maximum atomic E-state index is 12.5. The second-order valence-corrected chi connectivity index (χ2v) is 6.11. The van der Waals surface area contributed by atoms with Gasteiger partial charge in [0, 0.05) is 30.1 Å². The van der Waals surface area contributed by atoms with Crippen LogP contribution in [0.3, 0.4) is 0 Å². The summed E-state index contributed by atoms with van der Waals surface area (Å²) in [6, 6.07) is 14.4. The lowest BCUT2D eigenvalue weighted by atomic mass is 10.1. The zero-order valence-corrected chi connectivity index (χ0v) is 14.2. The Bertz CT molecular complexity index is 745. The maximum absolute atomic E-state index is 12.5. The predicted molar refractivity (Wildman–Crippen MR) is 94.3 cm³/mol. The van der Waals surface area contributed by atoms with Gasteiger partial charge in [0.05, 0.1) is 13.7 Å². The van der Waals surface area contributed by atoms with E-state index >= 15 is 0 Å². The van der Waals surface area contributed by atoms with Crippen molar-refractivity contribution in [3.05, 3.63) is 59.7 Å². The fourth-order valence-corrected chi connectivity index (χ4v) is 3.00. The van der Waals surface area contributed by atoms with Crippen molar-refractivity contribution in [3.63, 3.8) is 0 Å². The number of nitrogens with zero attached hydrogens (tertiary/aromatic N) is 1. The highest BCUT2D eigenvalue weighted by Gasteiger charge is 2.27. The van der Waals surface area contributed by atoms with Crippen LogP contribution >= 0.6 is 0 Å². The molecule has 0 radical (unpaired) electrons. The zero-order valence-electron chi connectivity index (χ0n) is 14.2. The minimum absolute atomic E-state index is 0.0589. The zero-order chi connectivity index (χ0) is 17.6. The van der Waals surface area contributed by atoms with Crippen LogP contribution in [0.5, 0.6) is 11.5 Å². The molecular formula is C20H21NO4. The molecule has 0 bridgehead atoms. The van der Waals surface area contributed by atoms with Gasteiger partial charge in [-0.2, -0.15) is 0 Å². The average Bonchev–Trinajstić information content (AvgIpc) is 3.15. The molecule has 5 nitrogen and oxygen atoms in total. The van der Waals surface area contributed by atoms with Crippen molar-refractivity contribution in [1.82, 2.24) is 4.90 Å². The van der Waals surface area contributed by atoms with E-state index < -0.39 is 0 Å². The third-order valence-electron chi connectivity index (χ3n) is 4.39. The number of carbonyl (C=O) groups is 2. The van der Waals surface area contributed by atoms with E-state index in [4.69, 9.17) is 9.47 Å². The van der Waals surface area contributed by atoms with Crippen molar-refractivity contribution in [1.29, 1.82) is 0 Å². The summed E-state index contributed by atoms with van der Waals surface area (Å²) in [4.78, 5) is 25.3. The van der Waals surface area contributed by atoms with Crippen LogP contribution in [-0.4, -0.2) is 43.9 Å². The van der Waals surface area contributed by atoms with E-state index in [1.807, 2.05) is 35.2 Å². The van der Waals surface area contributed by atoms with Crippen LogP contribution in [0.15, 0.2) is 48.5 Å². The summed E-state index contributed by atoms with van der Waals surface area (Å²) >= 11 is 0. The summed E-state index contributed by atoms with van der Waals surface area (Å²) in [5.74, 6) is 1.47. The van der Waals surface area contributed by atoms with E-state index in [2.05, 4.69) is 0 Å². The molecule has 0 aliphatic carbocycles. The van der Waals surface area contributed by atoms with Crippen molar-refractivity contribution >= 4 is 12.2 Å². The highest BCUT2D eigenvalue weighted by Crippen LogP contribution is 2.29. The van der Waals surface area contributed by atoms with Gasteiger partial charge in [-0.25, -0.2) is 0 Å². The van der Waals surface area contributed by atoms with Gasteiger partial charge in [0.15, 0.2) is 11.5 Å². The molecule has 1 fully saturated rings. The number of likely N-dealkylation sites (tertiary alicyclic amines) is 1. The van der Waals surface area contributed by atoms with Crippen molar-refractivity contribution in [3.8, 4) is 11.5 Å². The van der Waals surface area contributed by atoms with Gasteiger partial charge < -0.3 is 14.4 Å². The topological polar surface area (TPSA) is 55.8 Å². The van der Waals surface area contributed by atoms with Crippen molar-refractivity contribution in [2.75, 3.05) is 26.8 Å². The number of ether oxygens (including phenoxy) is 2. The fraction of sp³-hybridized carbons (Fsp3) is 0.300. The Kier molecular flexibility index (Phi) is 5.33. The molecule has 2 aromatic carbocycles. The van der Waals surface area contributed by atoms with Crippen molar-refractivity contribution < 1.29 is 19.1 Å². The number of rotatable bonds is 6. The standard InChI is InChI=1S/C20H21NO4/c1-24-18-8-7-15(13-22)11-19(18)25-14-16-9-10-21(12-16)20(23)17-5-3-2-4-6-17/h2-8,11,13,16H,9-10,12,14H2,1H3. The molecule has 1 atom stereocenters. The van der Waals surface area contributed by atoms with E-state index in [0.29, 0.717) is 35.8 Å². The number of hydrogen-bond acceptors (Lipinski definition) is 4. The van der Waals surface area contributed by atoms with Gasteiger partial charge >= 0.3 is 0 Å². The molecule has 1 aliphatic heterocycles. The normalized spacial score (nSPS) is 16.5. The first-order chi connectivity index (χ1) is 12.2. The molecule has 1 amide bonds. The van der Waals surface area contributed by atoms with E-state index in [1.165, 1.54) is 0 Å². The Morgan fingerprint density at radius 2 is 2.00 bits per heavy atom. The fourth-order valence-electron chi connectivity index (χ4n) is 3.00. The van der Waals surface area contributed by atoms with Gasteiger partial charge in [-0.3, -0.25) is 9.59 Å². The molecule has 3 rings (SSSR count). The lowest BCUT2D eigenvalue weighted by Crippen LogP contribution is -2.29. The number of methoxy groups -OCH3 is 1. The average molecular weight is 339 g/mol. The minimum atomic E-state index is 0.0589. The summed E-state index contributed by atoms with van der Waals surface area (Å²) in [7, 11) is 1.57. The van der Waals surface area contributed by atoms with Crippen LogP contribution < -0.4 is 9.47 Å². The lowest BCUT2D eigenvalue weighted by molar-refractivity contribution is 0.0782. The lowest BCUT2D eigenvalue weighted by Gasteiger charge is -2.17. The molecule has 0 N–H and O–H groups in total. The van der Waals surface area contributed by atoms with Gasteiger partial charge in [-0.05, 0) is 36.8 Å². The predicted octanol–water partition coefficient (Wildman–Crippen LogP) is 3.05. The maximum Gasteiger partial charge on any atom is 0.253 e. The van der Waals surface area contributed by atoms with Crippen molar-refractivity contribution in [2.24, 2.45) is 5.92 Å². The highest BCUT2D eigenvalue weighted by molar-refractivity contribution is 5.94. The molecule has 25 heavy (non-hydrogen) atoms. The van der Waals surface area contributed by atoms with Crippen molar-refractivity contribution in [2.45, 2.75) is 6.42 Å². The first-order valence-corrected chi connectivity index (χ1v) is 8.31. The van der Waals surface area contributed by atoms with Crippen LogP contribution in [0.2, 0.25) is 0 Å². The summed E-state index contributed by atoms with van der Waals surface area (Å²) in [5, 5.41) is 0. The molecule has 5 heteroatoms. The smallest absolute Gasteiger partial charge is 0.253 e. The SMILES string of the molecule is COc1ccc(C=O)cc1OCC1CCN(C(=O)c2ccccc2)C1. The molecule has 2 aromatic rings. The van der Waals surface area contributed by atoms with Crippen LogP contribution in [0.4, 0.5) is 0 Å².